The molecule has 0 radical (unpaired) electrons. The van der Waals surface area contributed by atoms with Crippen molar-refractivity contribution in [1.82, 2.24) is 0 Å². The van der Waals surface area contributed by atoms with Gasteiger partial charge in [0.25, 0.3) is 0 Å². The molecule has 4 rings (SSSR count). The second-order valence-corrected chi connectivity index (χ2v) is 10.0. The number of unbranched alkanes of at least 4 members (excludes halogenated alkanes) is 2. The number of carbonyl (C=O) groups is 1. The van der Waals surface area contributed by atoms with Crippen molar-refractivity contribution in [2.75, 3.05) is 0 Å². The van der Waals surface area contributed by atoms with E-state index >= 15 is 0 Å². The van der Waals surface area contributed by atoms with E-state index in [1.54, 1.807) is 12.1 Å². The summed E-state index contributed by atoms with van der Waals surface area (Å²) in [6.45, 7) is 4.71. The third-order valence-corrected chi connectivity index (χ3v) is 8.82. The largest absolute Gasteiger partial charge is 0.478 e. The Morgan fingerprint density at radius 3 is 2.83 bits per heavy atom. The van der Waals surface area contributed by atoms with E-state index in [1.807, 2.05) is 12.1 Å². The average Bonchev–Trinajstić information content (AvgIpc) is 3.05. The van der Waals surface area contributed by atoms with Crippen molar-refractivity contribution >= 4 is 12.0 Å². The van der Waals surface area contributed by atoms with Crippen molar-refractivity contribution in [2.45, 2.75) is 77.7 Å². The van der Waals surface area contributed by atoms with E-state index < -0.39 is 5.97 Å². The van der Waals surface area contributed by atoms with Crippen molar-refractivity contribution in [3.63, 3.8) is 0 Å². The van der Waals surface area contributed by atoms with E-state index in [-0.39, 0.29) is 6.10 Å². The minimum absolute atomic E-state index is 0.130. The Morgan fingerprint density at radius 2 is 2.10 bits per heavy atom. The monoisotopic (exact) mass is 396 g/mol. The zero-order valence-electron chi connectivity index (χ0n) is 17.9. The molecule has 0 heterocycles. The highest BCUT2D eigenvalue weighted by Crippen LogP contribution is 2.92. The predicted molar refractivity (Wildman–Crippen MR) is 117 cm³/mol. The molecule has 0 bridgehead atoms. The Kier molecular flexibility index (Phi) is 5.63. The van der Waals surface area contributed by atoms with Gasteiger partial charge in [0.1, 0.15) is 0 Å². The van der Waals surface area contributed by atoms with E-state index in [2.05, 4.69) is 26.0 Å². The van der Waals surface area contributed by atoms with Crippen LogP contribution in [0.25, 0.3) is 6.08 Å². The van der Waals surface area contributed by atoms with Crippen LogP contribution < -0.4 is 0 Å². The zero-order chi connectivity index (χ0) is 20.6. The molecule has 3 aliphatic rings. The maximum atomic E-state index is 11.2. The minimum Gasteiger partial charge on any atom is -0.478 e. The number of hydrogen-bond acceptors (Lipinski definition) is 2. The molecule has 0 amide bonds. The van der Waals surface area contributed by atoms with Gasteiger partial charge < -0.3 is 10.2 Å². The molecule has 1 aromatic carbocycles. The summed E-state index contributed by atoms with van der Waals surface area (Å²) < 4.78 is 0. The fourth-order valence-corrected chi connectivity index (χ4v) is 7.20. The number of rotatable bonds is 11. The molecule has 3 saturated carbocycles. The van der Waals surface area contributed by atoms with Crippen LogP contribution in [0.1, 0.15) is 87.6 Å². The molecule has 1 aromatic rings. The molecule has 6 atom stereocenters. The van der Waals surface area contributed by atoms with E-state index in [4.69, 9.17) is 0 Å². The molecule has 29 heavy (non-hydrogen) atoms. The molecule has 0 spiro atoms. The van der Waals surface area contributed by atoms with E-state index in [0.29, 0.717) is 16.4 Å². The summed E-state index contributed by atoms with van der Waals surface area (Å²) >= 11 is 0. The number of carboxylic acid groups (broad SMARTS) is 1. The molecule has 2 N–H and O–H groups in total. The third kappa shape index (κ3) is 3.36. The smallest absolute Gasteiger partial charge is 0.335 e. The van der Waals surface area contributed by atoms with Gasteiger partial charge in [0.05, 0.1) is 11.7 Å². The van der Waals surface area contributed by atoms with E-state index in [0.717, 1.165) is 55.4 Å². The first-order chi connectivity index (χ1) is 13.9. The van der Waals surface area contributed by atoms with Crippen molar-refractivity contribution in [2.24, 2.45) is 28.6 Å². The number of aliphatic hydroxyl groups excluding tert-OH is 1. The third-order valence-electron chi connectivity index (χ3n) is 8.82. The van der Waals surface area contributed by atoms with Crippen LogP contribution in [0.4, 0.5) is 0 Å². The Morgan fingerprint density at radius 1 is 1.28 bits per heavy atom. The predicted octanol–water partition coefficient (Wildman–Crippen LogP) is 6.17. The molecule has 158 valence electrons. The van der Waals surface area contributed by atoms with Gasteiger partial charge in [0.15, 0.2) is 0 Å². The van der Waals surface area contributed by atoms with Crippen molar-refractivity contribution < 1.29 is 15.0 Å². The van der Waals surface area contributed by atoms with Crippen LogP contribution in [0.3, 0.4) is 0 Å². The van der Waals surface area contributed by atoms with Crippen molar-refractivity contribution in [1.29, 1.82) is 0 Å². The first kappa shape index (κ1) is 20.7. The van der Waals surface area contributed by atoms with Crippen LogP contribution >= 0.6 is 0 Å². The van der Waals surface area contributed by atoms with Crippen LogP contribution in [0.2, 0.25) is 0 Å². The van der Waals surface area contributed by atoms with E-state index in [1.165, 1.54) is 25.7 Å². The van der Waals surface area contributed by atoms with Crippen LogP contribution in [-0.2, 0) is 0 Å². The lowest BCUT2D eigenvalue weighted by molar-refractivity contribution is 0.0697. The summed E-state index contributed by atoms with van der Waals surface area (Å²) in [6.07, 6.45) is 14.8. The summed E-state index contributed by atoms with van der Waals surface area (Å²) in [5, 5.41) is 19.6. The van der Waals surface area contributed by atoms with Gasteiger partial charge in [-0.05, 0) is 84.8 Å². The van der Waals surface area contributed by atoms with Gasteiger partial charge in [-0.2, -0.15) is 0 Å². The Hall–Kier alpha value is -1.61. The summed E-state index contributed by atoms with van der Waals surface area (Å²) in [5.41, 5.74) is 2.27. The maximum Gasteiger partial charge on any atom is 0.335 e. The summed E-state index contributed by atoms with van der Waals surface area (Å²) in [6, 6.07) is 7.19. The summed E-state index contributed by atoms with van der Waals surface area (Å²) in [5.74, 6) is 1.62. The number of benzene rings is 1. The highest BCUT2D eigenvalue weighted by molar-refractivity contribution is 5.88. The Balaban J connectivity index is 1.37. The topological polar surface area (TPSA) is 57.5 Å². The van der Waals surface area contributed by atoms with Gasteiger partial charge in [0.2, 0.25) is 0 Å². The second-order valence-electron chi connectivity index (χ2n) is 10.0. The summed E-state index contributed by atoms with van der Waals surface area (Å²) in [7, 11) is 0. The molecular formula is C26H36O3. The quantitative estimate of drug-likeness (QED) is 0.440. The standard InChI is InChI=1S/C26H36O3/c1-3-4-5-11-22(27)13-12-20-16-21-17-23-25(21,2)26(20,23)14-7-9-18-8-6-10-19(15-18)24(28)29/h6-10,15,20-23,27H,3-5,11-14,16-17H2,1-2H3,(H,28,29)/b9-7+/t20?,21-,22-,23+,25?,26+/m0/s1. The minimum atomic E-state index is -0.872. The van der Waals surface area contributed by atoms with Gasteiger partial charge in [0, 0.05) is 0 Å². The van der Waals surface area contributed by atoms with Gasteiger partial charge in [-0.1, -0.05) is 57.4 Å². The van der Waals surface area contributed by atoms with Crippen LogP contribution in [0.5, 0.6) is 0 Å². The fourth-order valence-electron chi connectivity index (χ4n) is 7.20. The Bertz CT molecular complexity index is 784. The molecular weight excluding hydrogens is 360 g/mol. The number of carboxylic acids is 1. The highest BCUT2D eigenvalue weighted by atomic mass is 16.4. The van der Waals surface area contributed by atoms with Crippen LogP contribution in [0.15, 0.2) is 30.3 Å². The number of hydrogen-bond donors (Lipinski definition) is 2. The highest BCUT2D eigenvalue weighted by Gasteiger charge is 2.86. The van der Waals surface area contributed by atoms with Crippen LogP contribution in [0, 0.1) is 28.6 Å². The fraction of sp³-hybridized carbons (Fsp3) is 0.654. The van der Waals surface area contributed by atoms with Gasteiger partial charge >= 0.3 is 5.97 Å². The van der Waals surface area contributed by atoms with Crippen LogP contribution in [-0.4, -0.2) is 22.3 Å². The lowest BCUT2D eigenvalue weighted by atomic mass is 9.70. The molecule has 3 aliphatic carbocycles. The lowest BCUT2D eigenvalue weighted by Gasteiger charge is -2.34. The molecule has 0 aromatic heterocycles. The second kappa shape index (κ2) is 7.91. The van der Waals surface area contributed by atoms with Gasteiger partial charge in [-0.15, -0.1) is 0 Å². The first-order valence-corrected chi connectivity index (χ1v) is 11.6. The first-order valence-electron chi connectivity index (χ1n) is 11.6. The molecule has 3 heteroatoms. The molecule has 2 unspecified atom stereocenters. The lowest BCUT2D eigenvalue weighted by Crippen LogP contribution is -2.26. The Labute approximate surface area is 175 Å². The molecule has 0 saturated heterocycles. The SMILES string of the molecule is CCCCC[C@H](O)CCC1C[C@H]2C[C@@H]3C2(C)[C@]13C/C=C/c1cccc(C(=O)O)c1. The number of aromatic carboxylic acids is 1. The van der Waals surface area contributed by atoms with Crippen molar-refractivity contribution in [3.8, 4) is 0 Å². The average molecular weight is 397 g/mol. The number of fused-ring (bicyclic) bond motifs is 1. The maximum absolute atomic E-state index is 11.2. The number of allylic oxidation sites excluding steroid dienone is 1. The summed E-state index contributed by atoms with van der Waals surface area (Å²) in [4.78, 5) is 11.2. The number of aliphatic hydroxyl groups is 1. The van der Waals surface area contributed by atoms with E-state index in [9.17, 15) is 15.0 Å². The van der Waals surface area contributed by atoms with Gasteiger partial charge in [-0.3, -0.25) is 0 Å². The van der Waals surface area contributed by atoms with Crippen molar-refractivity contribution in [3.05, 3.63) is 41.5 Å². The molecule has 3 nitrogen and oxygen atoms in total. The molecule has 0 aliphatic heterocycles. The van der Waals surface area contributed by atoms with Gasteiger partial charge in [-0.25, -0.2) is 4.79 Å². The zero-order valence-corrected chi connectivity index (χ0v) is 17.9. The molecule has 3 fully saturated rings. The normalized spacial score (nSPS) is 35.3.